The van der Waals surface area contributed by atoms with Crippen LogP contribution in [0.15, 0.2) is 12.2 Å². The van der Waals surface area contributed by atoms with Crippen molar-refractivity contribution < 1.29 is 19.4 Å². The molecule has 0 aromatic carbocycles. The Kier molecular flexibility index (Phi) is 4.80. The average Bonchev–Trinajstić information content (AvgIpc) is 2.01. The van der Waals surface area contributed by atoms with Gasteiger partial charge in [0.25, 0.3) is 0 Å². The molecular weight excluding hydrogens is 172 g/mol. The largest absolute Gasteiger partial charge is 0.478 e. The first-order valence-corrected chi connectivity index (χ1v) is 4.08. The van der Waals surface area contributed by atoms with Gasteiger partial charge in [-0.1, -0.05) is 19.9 Å². The zero-order chi connectivity index (χ0) is 10.4. The van der Waals surface area contributed by atoms with Crippen molar-refractivity contribution in [2.24, 2.45) is 0 Å². The van der Waals surface area contributed by atoms with Crippen molar-refractivity contribution in [2.75, 3.05) is 0 Å². The van der Waals surface area contributed by atoms with Gasteiger partial charge >= 0.3 is 11.9 Å². The number of rotatable bonds is 5. The second-order valence-electron chi connectivity index (χ2n) is 2.72. The normalized spacial score (nSPS) is 11.8. The van der Waals surface area contributed by atoms with Gasteiger partial charge < -0.3 is 9.84 Å². The predicted octanol–water partition coefficient (Wildman–Crippen LogP) is 1.36. The Balaban J connectivity index is 4.31. The van der Waals surface area contributed by atoms with Gasteiger partial charge in [0.1, 0.15) is 6.10 Å². The predicted molar refractivity (Wildman–Crippen MR) is 47.2 cm³/mol. The number of carboxylic acids is 1. The van der Waals surface area contributed by atoms with Crippen LogP contribution in [0.4, 0.5) is 0 Å². The summed E-state index contributed by atoms with van der Waals surface area (Å²) in [6, 6.07) is 0. The number of carboxylic acid groups (broad SMARTS) is 1. The number of ether oxygens (including phenoxy) is 1. The van der Waals surface area contributed by atoms with Gasteiger partial charge in [0.2, 0.25) is 0 Å². The van der Waals surface area contributed by atoms with E-state index in [2.05, 4.69) is 6.58 Å². The third-order valence-electron chi connectivity index (χ3n) is 1.52. The van der Waals surface area contributed by atoms with E-state index in [0.29, 0.717) is 6.42 Å². The van der Waals surface area contributed by atoms with E-state index in [4.69, 9.17) is 9.84 Å². The first-order chi connectivity index (χ1) is 5.99. The van der Waals surface area contributed by atoms with E-state index in [-0.39, 0.29) is 5.57 Å². The van der Waals surface area contributed by atoms with Crippen LogP contribution in [0.25, 0.3) is 0 Å². The van der Waals surface area contributed by atoms with Crippen LogP contribution in [0.2, 0.25) is 0 Å². The summed E-state index contributed by atoms with van der Waals surface area (Å²) in [6.45, 7) is 6.48. The molecule has 0 amide bonds. The third-order valence-corrected chi connectivity index (χ3v) is 1.52. The minimum atomic E-state index is -1.13. The quantitative estimate of drug-likeness (QED) is 0.520. The van der Waals surface area contributed by atoms with Crippen molar-refractivity contribution in [1.29, 1.82) is 0 Å². The molecule has 0 bridgehead atoms. The van der Waals surface area contributed by atoms with Gasteiger partial charge in [-0.3, -0.25) is 4.79 Å². The SMILES string of the molecule is C=C(C(=O)O)C(CCC)OC(C)=O. The van der Waals surface area contributed by atoms with E-state index < -0.39 is 18.0 Å². The van der Waals surface area contributed by atoms with E-state index in [1.165, 1.54) is 6.92 Å². The molecule has 0 spiro atoms. The molecule has 4 nitrogen and oxygen atoms in total. The van der Waals surface area contributed by atoms with Crippen molar-refractivity contribution in [3.05, 3.63) is 12.2 Å². The molecule has 74 valence electrons. The molecule has 0 radical (unpaired) electrons. The van der Waals surface area contributed by atoms with Gasteiger partial charge in [-0.15, -0.1) is 0 Å². The first-order valence-electron chi connectivity index (χ1n) is 4.08. The maximum atomic E-state index is 10.6. The molecule has 13 heavy (non-hydrogen) atoms. The van der Waals surface area contributed by atoms with Crippen LogP contribution < -0.4 is 0 Å². The van der Waals surface area contributed by atoms with E-state index in [9.17, 15) is 9.59 Å². The van der Waals surface area contributed by atoms with Gasteiger partial charge in [0.15, 0.2) is 0 Å². The van der Waals surface area contributed by atoms with E-state index in [0.717, 1.165) is 6.42 Å². The molecule has 0 saturated heterocycles. The highest BCUT2D eigenvalue weighted by atomic mass is 16.5. The summed E-state index contributed by atoms with van der Waals surface area (Å²) < 4.78 is 4.79. The summed E-state index contributed by atoms with van der Waals surface area (Å²) in [5, 5.41) is 8.60. The minimum Gasteiger partial charge on any atom is -0.478 e. The van der Waals surface area contributed by atoms with Crippen LogP contribution in [0.3, 0.4) is 0 Å². The Bertz CT molecular complexity index is 220. The summed E-state index contributed by atoms with van der Waals surface area (Å²) in [4.78, 5) is 21.1. The van der Waals surface area contributed by atoms with Gasteiger partial charge in [0.05, 0.1) is 5.57 Å². The lowest BCUT2D eigenvalue weighted by Crippen LogP contribution is -2.22. The molecule has 1 unspecified atom stereocenters. The highest BCUT2D eigenvalue weighted by Crippen LogP contribution is 2.11. The Labute approximate surface area is 77.2 Å². The topological polar surface area (TPSA) is 63.6 Å². The standard InChI is InChI=1S/C9H14O4/c1-4-5-8(13-7(3)10)6(2)9(11)12/h8H,2,4-5H2,1,3H3,(H,11,12). The number of carbonyl (C=O) groups excluding carboxylic acids is 1. The highest BCUT2D eigenvalue weighted by molar-refractivity contribution is 5.87. The first kappa shape index (κ1) is 11.7. The van der Waals surface area contributed by atoms with E-state index >= 15 is 0 Å². The summed E-state index contributed by atoms with van der Waals surface area (Å²) in [6.07, 6.45) is 0.537. The van der Waals surface area contributed by atoms with Crippen LogP contribution in [-0.4, -0.2) is 23.1 Å². The summed E-state index contributed by atoms with van der Waals surface area (Å²) in [7, 11) is 0. The van der Waals surface area contributed by atoms with Crippen LogP contribution in [0.1, 0.15) is 26.7 Å². The Morgan fingerprint density at radius 2 is 2.08 bits per heavy atom. The second-order valence-corrected chi connectivity index (χ2v) is 2.72. The molecule has 1 atom stereocenters. The van der Waals surface area contributed by atoms with Gasteiger partial charge in [0, 0.05) is 6.92 Å². The van der Waals surface area contributed by atoms with Crippen LogP contribution in [0, 0.1) is 0 Å². The van der Waals surface area contributed by atoms with Crippen LogP contribution in [-0.2, 0) is 14.3 Å². The molecule has 0 heterocycles. The summed E-state index contributed by atoms with van der Waals surface area (Å²) in [5.74, 6) is -1.61. The fourth-order valence-corrected chi connectivity index (χ4v) is 0.905. The maximum Gasteiger partial charge on any atom is 0.334 e. The number of aliphatic carboxylic acids is 1. The molecule has 0 aromatic rings. The molecule has 0 fully saturated rings. The summed E-state index contributed by atoms with van der Waals surface area (Å²) in [5.41, 5.74) is -0.0722. The van der Waals surface area contributed by atoms with E-state index in [1.54, 1.807) is 0 Å². The van der Waals surface area contributed by atoms with Crippen LogP contribution >= 0.6 is 0 Å². The fourth-order valence-electron chi connectivity index (χ4n) is 0.905. The van der Waals surface area contributed by atoms with Crippen molar-refractivity contribution in [3.8, 4) is 0 Å². The molecule has 0 aliphatic carbocycles. The smallest absolute Gasteiger partial charge is 0.334 e. The zero-order valence-corrected chi connectivity index (χ0v) is 7.87. The second kappa shape index (κ2) is 5.35. The molecule has 0 aliphatic heterocycles. The molecule has 4 heteroatoms. The minimum absolute atomic E-state index is 0.0722. The number of hydrogen-bond donors (Lipinski definition) is 1. The number of hydrogen-bond acceptors (Lipinski definition) is 3. The highest BCUT2D eigenvalue weighted by Gasteiger charge is 2.19. The van der Waals surface area contributed by atoms with Crippen molar-refractivity contribution in [1.82, 2.24) is 0 Å². The van der Waals surface area contributed by atoms with Crippen molar-refractivity contribution in [3.63, 3.8) is 0 Å². The maximum absolute atomic E-state index is 10.6. The lowest BCUT2D eigenvalue weighted by Gasteiger charge is -2.15. The Hall–Kier alpha value is -1.32. The lowest BCUT2D eigenvalue weighted by atomic mass is 10.1. The van der Waals surface area contributed by atoms with Crippen LogP contribution in [0.5, 0.6) is 0 Å². The lowest BCUT2D eigenvalue weighted by molar-refractivity contribution is -0.146. The molecular formula is C9H14O4. The molecule has 0 aromatic heterocycles. The molecule has 0 aliphatic rings. The Morgan fingerprint density at radius 3 is 2.38 bits per heavy atom. The fraction of sp³-hybridized carbons (Fsp3) is 0.556. The van der Waals surface area contributed by atoms with Gasteiger partial charge in [-0.25, -0.2) is 4.79 Å². The van der Waals surface area contributed by atoms with Gasteiger partial charge in [-0.2, -0.15) is 0 Å². The monoisotopic (exact) mass is 186 g/mol. The van der Waals surface area contributed by atoms with Gasteiger partial charge in [-0.05, 0) is 6.42 Å². The Morgan fingerprint density at radius 1 is 1.54 bits per heavy atom. The van der Waals surface area contributed by atoms with E-state index in [1.807, 2.05) is 6.92 Å². The molecule has 0 rings (SSSR count). The van der Waals surface area contributed by atoms with Crippen molar-refractivity contribution >= 4 is 11.9 Å². The summed E-state index contributed by atoms with van der Waals surface area (Å²) >= 11 is 0. The average molecular weight is 186 g/mol. The molecule has 1 N–H and O–H groups in total. The number of esters is 1. The molecule has 0 saturated carbocycles. The third kappa shape index (κ3) is 4.30. The van der Waals surface area contributed by atoms with Crippen molar-refractivity contribution in [2.45, 2.75) is 32.8 Å². The number of carbonyl (C=O) groups is 2. The zero-order valence-electron chi connectivity index (χ0n) is 7.87.